The molecule has 0 fully saturated rings. The molecular weight excluding hydrogens is 641 g/mol. The van der Waals surface area contributed by atoms with E-state index in [2.05, 4.69) is 15.3 Å². The van der Waals surface area contributed by atoms with E-state index in [9.17, 15) is 29.1 Å². The van der Waals surface area contributed by atoms with E-state index in [4.69, 9.17) is 4.74 Å². The minimum atomic E-state index is -0.960. The molecule has 0 unspecified atom stereocenters. The van der Waals surface area contributed by atoms with E-state index in [-0.39, 0.29) is 30.5 Å². The second-order valence-electron chi connectivity index (χ2n) is 12.1. The highest BCUT2D eigenvalue weighted by molar-refractivity contribution is 8.15. The molecule has 1 aliphatic heterocycles. The van der Waals surface area contributed by atoms with Gasteiger partial charge in [-0.3, -0.25) is 24.7 Å². The number of aliphatic carboxylic acids is 1. The van der Waals surface area contributed by atoms with Gasteiger partial charge in [0.15, 0.2) is 17.6 Å². The summed E-state index contributed by atoms with van der Waals surface area (Å²) in [5.41, 5.74) is 3.34. The van der Waals surface area contributed by atoms with Gasteiger partial charge in [0, 0.05) is 58.3 Å². The number of allylic oxidation sites excluding steroid dienone is 4. The lowest BCUT2D eigenvalue weighted by molar-refractivity contribution is -0.137. The minimum Gasteiger partial charge on any atom is -0.480 e. The first-order valence-corrected chi connectivity index (χ1v) is 16.6. The van der Waals surface area contributed by atoms with Gasteiger partial charge < -0.3 is 14.7 Å². The lowest BCUT2D eigenvalue weighted by Gasteiger charge is -2.32. The van der Waals surface area contributed by atoms with Gasteiger partial charge in [0.25, 0.3) is 0 Å². The number of benzene rings is 2. The molecule has 2 amide bonds. The number of thiazole rings is 1. The molecule has 0 radical (unpaired) electrons. The first kappa shape index (κ1) is 33.7. The summed E-state index contributed by atoms with van der Waals surface area (Å²) in [6.07, 6.45) is -0.617. The Hall–Kier alpha value is -4.62. The Kier molecular flexibility index (Phi) is 9.51. The Morgan fingerprint density at radius 2 is 1.70 bits per heavy atom. The minimum absolute atomic E-state index is 0.00139. The summed E-state index contributed by atoms with van der Waals surface area (Å²) in [6, 6.07) is 11.5. The molecule has 0 spiro atoms. The smallest absolute Gasteiger partial charge is 0.411 e. The van der Waals surface area contributed by atoms with E-state index in [0.29, 0.717) is 60.6 Å². The molecule has 2 heterocycles. The number of nitrogens with zero attached hydrogens (tertiary/aromatic N) is 3. The predicted octanol–water partition coefficient (Wildman–Crippen LogP) is 6.18. The summed E-state index contributed by atoms with van der Waals surface area (Å²) in [6.45, 7) is 8.54. The fourth-order valence-corrected chi connectivity index (χ4v) is 7.57. The second kappa shape index (κ2) is 13.2. The van der Waals surface area contributed by atoms with Crippen molar-refractivity contribution in [3.63, 3.8) is 0 Å². The number of anilines is 2. The molecular formula is C34H34N4O7S2. The number of amides is 2. The van der Waals surface area contributed by atoms with Crippen LogP contribution in [0.1, 0.15) is 51.6 Å². The Bertz CT molecular complexity index is 1920. The van der Waals surface area contributed by atoms with Crippen LogP contribution >= 0.6 is 23.1 Å². The van der Waals surface area contributed by atoms with Crippen molar-refractivity contribution < 1.29 is 33.8 Å². The number of rotatable bonds is 9. The summed E-state index contributed by atoms with van der Waals surface area (Å²) in [5, 5.41) is 13.1. The largest absolute Gasteiger partial charge is 0.480 e. The van der Waals surface area contributed by atoms with Gasteiger partial charge >= 0.3 is 12.1 Å². The van der Waals surface area contributed by atoms with Gasteiger partial charge in [-0.25, -0.2) is 14.6 Å². The third-order valence-corrected chi connectivity index (χ3v) is 10.5. The highest BCUT2D eigenvalue weighted by Crippen LogP contribution is 2.39. The number of aromatic nitrogens is 1. The molecule has 244 valence electrons. The number of thioether (sulfide) groups is 1. The molecule has 2 N–H and O–H groups in total. The van der Waals surface area contributed by atoms with Gasteiger partial charge in [0.2, 0.25) is 5.91 Å². The van der Waals surface area contributed by atoms with Gasteiger partial charge in [-0.2, -0.15) is 0 Å². The van der Waals surface area contributed by atoms with Crippen LogP contribution in [-0.2, 0) is 30.5 Å². The van der Waals surface area contributed by atoms with Crippen LogP contribution in [0.15, 0.2) is 69.7 Å². The summed E-state index contributed by atoms with van der Waals surface area (Å²) >= 11 is 2.73. The van der Waals surface area contributed by atoms with Gasteiger partial charge in [-0.05, 0) is 56.7 Å². The van der Waals surface area contributed by atoms with E-state index in [1.807, 2.05) is 0 Å². The third kappa shape index (κ3) is 7.05. The number of carboxylic acid groups (broad SMARTS) is 1. The van der Waals surface area contributed by atoms with Crippen molar-refractivity contribution in [3.8, 4) is 0 Å². The van der Waals surface area contributed by atoms with Crippen LogP contribution in [0.2, 0.25) is 0 Å². The molecule has 11 nitrogen and oxygen atoms in total. The normalized spacial score (nSPS) is 16.9. The number of Topliss-reactive ketones (excluding diaryl/α,β-unsaturated/α-hetero) is 2. The number of fused-ring (bicyclic) bond motifs is 1. The first-order valence-electron chi connectivity index (χ1n) is 14.8. The molecule has 2 aromatic carbocycles. The summed E-state index contributed by atoms with van der Waals surface area (Å²) in [4.78, 5) is 73.1. The van der Waals surface area contributed by atoms with Crippen molar-refractivity contribution in [1.82, 2.24) is 4.98 Å². The number of nitrogens with one attached hydrogen (secondary N) is 1. The monoisotopic (exact) mass is 674 g/mol. The fourth-order valence-electron chi connectivity index (χ4n) is 5.47. The predicted molar refractivity (Wildman–Crippen MR) is 183 cm³/mol. The summed E-state index contributed by atoms with van der Waals surface area (Å²) in [7, 11) is 1.65. The Labute approximate surface area is 279 Å². The number of ether oxygens (including phenoxy) is 1. The van der Waals surface area contributed by atoms with Crippen molar-refractivity contribution in [2.24, 2.45) is 10.4 Å². The van der Waals surface area contributed by atoms with Crippen molar-refractivity contribution >= 4 is 79.3 Å². The molecule has 1 aromatic heterocycles. The van der Waals surface area contributed by atoms with Gasteiger partial charge in [-0.1, -0.05) is 26.0 Å². The van der Waals surface area contributed by atoms with E-state index < -0.39 is 23.5 Å². The molecule has 47 heavy (non-hydrogen) atoms. The number of hydrogen-bond donors (Lipinski definition) is 2. The number of carboxylic acids is 1. The van der Waals surface area contributed by atoms with Crippen molar-refractivity contribution in [2.45, 2.75) is 53.7 Å². The lowest BCUT2D eigenvalue weighted by Crippen LogP contribution is -2.36. The van der Waals surface area contributed by atoms with Crippen molar-refractivity contribution in [2.75, 3.05) is 23.0 Å². The van der Waals surface area contributed by atoms with Gasteiger partial charge in [0.05, 0.1) is 10.2 Å². The molecule has 3 aromatic rings. The molecule has 2 aliphatic rings. The maximum Gasteiger partial charge on any atom is 0.411 e. The van der Waals surface area contributed by atoms with Gasteiger partial charge in [-0.15, -0.1) is 23.1 Å². The molecule has 0 saturated heterocycles. The number of hydrogen-bond acceptors (Lipinski definition) is 10. The SMILES string of the molecule is CC1=C(C)C(=O)C(C(C)(C)CC(=O)N(C)c2ccc(COC(=O)Nc3ccc4nc(C5=N[C@@H](C(=O)O)CS5)sc4c3)cc2)=C(C)C1=O. The van der Waals surface area contributed by atoms with Crippen LogP contribution in [0.4, 0.5) is 16.2 Å². The zero-order valence-electron chi connectivity index (χ0n) is 26.8. The van der Waals surface area contributed by atoms with Crippen LogP contribution in [0.3, 0.4) is 0 Å². The zero-order chi connectivity index (χ0) is 34.2. The number of aliphatic imine (C=N–C) groups is 1. The number of ketones is 2. The molecule has 0 bridgehead atoms. The Morgan fingerprint density at radius 3 is 2.36 bits per heavy atom. The van der Waals surface area contributed by atoms with Crippen LogP contribution in [0, 0.1) is 5.41 Å². The molecule has 1 aliphatic carbocycles. The maximum atomic E-state index is 13.3. The average Bonchev–Trinajstić information content (AvgIpc) is 3.69. The van der Waals surface area contributed by atoms with E-state index in [1.54, 1.807) is 84.1 Å². The van der Waals surface area contributed by atoms with Crippen molar-refractivity contribution in [3.05, 3.63) is 75.3 Å². The highest BCUT2D eigenvalue weighted by Gasteiger charge is 2.39. The Balaban J connectivity index is 1.16. The highest BCUT2D eigenvalue weighted by atomic mass is 32.2. The average molecular weight is 675 g/mol. The van der Waals surface area contributed by atoms with E-state index in [0.717, 1.165) is 4.70 Å². The second-order valence-corrected chi connectivity index (χ2v) is 14.1. The molecule has 5 rings (SSSR count). The standard InChI is InChI=1S/C34H34N4O7S2/c1-17-18(2)29(41)27(19(3)28(17)40)34(4,5)14-26(39)38(6)22-10-7-20(8-11-22)15-45-33(44)35-21-9-12-23-25(13-21)47-31(36-23)30-37-24(16-46-30)32(42)43/h7-13,24H,14-16H2,1-6H3,(H,35,44)(H,42,43)/t24-/m1/s1. The number of carbonyl (C=O) groups is 5. The maximum absolute atomic E-state index is 13.3. The summed E-state index contributed by atoms with van der Waals surface area (Å²) < 4.78 is 6.21. The van der Waals surface area contributed by atoms with Crippen LogP contribution in [-0.4, -0.2) is 63.5 Å². The summed E-state index contributed by atoms with van der Waals surface area (Å²) in [5.74, 6) is -1.17. The quantitative estimate of drug-likeness (QED) is 0.253. The van der Waals surface area contributed by atoms with Crippen LogP contribution < -0.4 is 10.2 Å². The lowest BCUT2D eigenvalue weighted by atomic mass is 9.71. The Morgan fingerprint density at radius 1 is 1.02 bits per heavy atom. The van der Waals surface area contributed by atoms with Crippen LogP contribution in [0.25, 0.3) is 10.2 Å². The number of carbonyl (C=O) groups excluding carboxylic acids is 4. The molecule has 13 heteroatoms. The van der Waals surface area contributed by atoms with Crippen LogP contribution in [0.5, 0.6) is 0 Å². The molecule has 0 saturated carbocycles. The molecule has 1 atom stereocenters. The van der Waals surface area contributed by atoms with Gasteiger partial charge in [0.1, 0.15) is 16.7 Å². The van der Waals surface area contributed by atoms with E-state index >= 15 is 0 Å². The fraction of sp³-hybridized carbons (Fsp3) is 0.324. The zero-order valence-corrected chi connectivity index (χ0v) is 28.4. The van der Waals surface area contributed by atoms with E-state index in [1.165, 1.54) is 28.0 Å². The third-order valence-electron chi connectivity index (χ3n) is 8.28. The van der Waals surface area contributed by atoms with Crippen molar-refractivity contribution in [1.29, 1.82) is 0 Å². The topological polar surface area (TPSA) is 155 Å². The first-order chi connectivity index (χ1) is 22.2.